The lowest BCUT2D eigenvalue weighted by atomic mass is 10.4. The van der Waals surface area contributed by atoms with E-state index in [1.807, 2.05) is 0 Å². The van der Waals surface area contributed by atoms with Crippen molar-refractivity contribution in [1.29, 1.82) is 0 Å². The Bertz CT molecular complexity index is 164. The molecule has 0 bridgehead atoms. The molecular formula is C12H27INP. The van der Waals surface area contributed by atoms with Crippen molar-refractivity contribution in [1.82, 2.24) is 0 Å². The van der Waals surface area contributed by atoms with E-state index in [9.17, 15) is 0 Å². The summed E-state index contributed by atoms with van der Waals surface area (Å²) < 4.78 is 4.81. The second-order valence-electron chi connectivity index (χ2n) is 4.40. The van der Waals surface area contributed by atoms with E-state index in [2.05, 4.69) is 43.6 Å². The molecule has 92 valence electrons. The Morgan fingerprint density at radius 2 is 1.13 bits per heavy atom. The molecule has 0 aromatic carbocycles. The summed E-state index contributed by atoms with van der Waals surface area (Å²) in [5.74, 6) is 0. The summed E-state index contributed by atoms with van der Waals surface area (Å²) in [6, 6.07) is 0. The molecule has 0 radical (unpaired) electrons. The third-order valence-corrected chi connectivity index (χ3v) is 9.46. The molecule has 0 aliphatic heterocycles. The first-order valence-electron chi connectivity index (χ1n) is 6.44. The van der Waals surface area contributed by atoms with Gasteiger partial charge in [0.05, 0.1) is 22.9 Å². The molecule has 0 rings (SSSR count). The third-order valence-electron chi connectivity index (χ3n) is 2.94. The van der Waals surface area contributed by atoms with Crippen molar-refractivity contribution < 1.29 is 0 Å². The Morgan fingerprint density at radius 1 is 0.800 bits per heavy atom. The van der Waals surface area contributed by atoms with Crippen LogP contribution in [0.1, 0.15) is 59.3 Å². The van der Waals surface area contributed by atoms with Gasteiger partial charge < -0.3 is 0 Å². The Kier molecular flexibility index (Phi) is 10.8. The Labute approximate surface area is 110 Å². The summed E-state index contributed by atoms with van der Waals surface area (Å²) >= 11 is 2.30. The van der Waals surface area contributed by atoms with Crippen LogP contribution in [0.25, 0.3) is 0 Å². The largest absolute Gasteiger partial charge is 0.234 e. The van der Waals surface area contributed by atoms with Gasteiger partial charge >= 0.3 is 0 Å². The van der Waals surface area contributed by atoms with Crippen molar-refractivity contribution in [3.63, 3.8) is 0 Å². The molecule has 0 atom stereocenters. The first kappa shape index (κ1) is 16.0. The highest BCUT2D eigenvalue weighted by molar-refractivity contribution is 14.1. The average Bonchev–Trinajstić information content (AvgIpc) is 2.29. The van der Waals surface area contributed by atoms with E-state index >= 15 is 0 Å². The zero-order chi connectivity index (χ0) is 11.6. The SMILES string of the molecule is CCCCP(CCCC)(CCCC)=NI. The van der Waals surface area contributed by atoms with Crippen molar-refractivity contribution in [2.75, 3.05) is 18.5 Å². The van der Waals surface area contributed by atoms with E-state index < -0.39 is 7.05 Å². The Morgan fingerprint density at radius 3 is 1.33 bits per heavy atom. The highest BCUT2D eigenvalue weighted by Crippen LogP contribution is 2.53. The monoisotopic (exact) mass is 343 g/mol. The second kappa shape index (κ2) is 10.1. The first-order valence-corrected chi connectivity index (χ1v) is 9.70. The zero-order valence-electron chi connectivity index (χ0n) is 10.6. The van der Waals surface area contributed by atoms with Crippen LogP contribution in [0.3, 0.4) is 0 Å². The van der Waals surface area contributed by atoms with Gasteiger partial charge in [0.2, 0.25) is 0 Å². The Hall–Kier alpha value is 0.960. The van der Waals surface area contributed by atoms with Crippen LogP contribution in [0.2, 0.25) is 0 Å². The van der Waals surface area contributed by atoms with Gasteiger partial charge in [-0.2, -0.15) is 0 Å². The fourth-order valence-electron chi connectivity index (χ4n) is 1.81. The maximum atomic E-state index is 4.81. The van der Waals surface area contributed by atoms with Gasteiger partial charge in [0, 0.05) is 0 Å². The topological polar surface area (TPSA) is 12.4 Å². The summed E-state index contributed by atoms with van der Waals surface area (Å²) in [5, 5.41) is 0. The van der Waals surface area contributed by atoms with Crippen LogP contribution in [-0.2, 0) is 0 Å². The summed E-state index contributed by atoms with van der Waals surface area (Å²) in [7, 11) is -0.915. The van der Waals surface area contributed by atoms with E-state index in [0.29, 0.717) is 0 Å². The molecule has 15 heavy (non-hydrogen) atoms. The summed E-state index contributed by atoms with van der Waals surface area (Å²) in [6.45, 7) is 6.88. The predicted molar refractivity (Wildman–Crippen MR) is 82.7 cm³/mol. The molecular weight excluding hydrogens is 316 g/mol. The summed E-state index contributed by atoms with van der Waals surface area (Å²) in [4.78, 5) is 0. The molecule has 0 saturated heterocycles. The van der Waals surface area contributed by atoms with Gasteiger partial charge in [0.25, 0.3) is 0 Å². The molecule has 0 fully saturated rings. The lowest BCUT2D eigenvalue weighted by Crippen LogP contribution is -2.00. The van der Waals surface area contributed by atoms with Gasteiger partial charge in [-0.05, 0) is 44.8 Å². The van der Waals surface area contributed by atoms with Crippen LogP contribution in [0.4, 0.5) is 0 Å². The average molecular weight is 343 g/mol. The molecule has 0 aliphatic rings. The smallest absolute Gasteiger partial charge is 0.0813 e. The van der Waals surface area contributed by atoms with Gasteiger partial charge in [0.1, 0.15) is 0 Å². The standard InChI is InChI=1S/C12H27INP/c1-4-7-10-15(14-13,11-8-5-2)12-9-6-3/h4-12H2,1-3H3. The molecule has 0 unspecified atom stereocenters. The molecule has 0 heterocycles. The van der Waals surface area contributed by atoms with Crippen LogP contribution < -0.4 is 0 Å². The van der Waals surface area contributed by atoms with Crippen LogP contribution in [-0.4, -0.2) is 18.5 Å². The quantitative estimate of drug-likeness (QED) is 0.363. The number of unbranched alkanes of at least 4 members (excludes halogenated alkanes) is 3. The molecule has 0 aromatic rings. The van der Waals surface area contributed by atoms with Crippen molar-refractivity contribution in [2.45, 2.75) is 59.3 Å². The van der Waals surface area contributed by atoms with Crippen molar-refractivity contribution in [3.05, 3.63) is 0 Å². The molecule has 0 amide bonds. The van der Waals surface area contributed by atoms with E-state index in [4.69, 9.17) is 2.96 Å². The summed E-state index contributed by atoms with van der Waals surface area (Å²) in [6.07, 6.45) is 12.4. The fourth-order valence-corrected chi connectivity index (χ4v) is 7.36. The molecule has 0 spiro atoms. The van der Waals surface area contributed by atoms with Crippen LogP contribution in [0, 0.1) is 0 Å². The van der Waals surface area contributed by atoms with Gasteiger partial charge in [-0.3, -0.25) is 0 Å². The second-order valence-corrected chi connectivity index (χ2v) is 9.38. The normalized spacial score (nSPS) is 11.7. The zero-order valence-corrected chi connectivity index (χ0v) is 13.7. The number of rotatable bonds is 9. The van der Waals surface area contributed by atoms with Gasteiger partial charge in [-0.1, -0.05) is 40.0 Å². The molecule has 3 heteroatoms. The number of hydrogen-bond acceptors (Lipinski definition) is 1. The number of nitrogens with zero attached hydrogens (tertiary/aromatic N) is 1. The van der Waals surface area contributed by atoms with E-state index in [0.717, 1.165) is 0 Å². The van der Waals surface area contributed by atoms with Crippen LogP contribution >= 0.6 is 29.9 Å². The van der Waals surface area contributed by atoms with Crippen molar-refractivity contribution in [3.8, 4) is 0 Å². The first-order chi connectivity index (χ1) is 7.24. The maximum absolute atomic E-state index is 4.81. The predicted octanol–water partition coefficient (Wildman–Crippen LogP) is 5.94. The van der Waals surface area contributed by atoms with Crippen LogP contribution in [0.15, 0.2) is 2.96 Å². The minimum absolute atomic E-state index is 0.915. The van der Waals surface area contributed by atoms with E-state index in [1.54, 1.807) is 0 Å². The molecule has 0 N–H and O–H groups in total. The van der Waals surface area contributed by atoms with Gasteiger partial charge in [0.15, 0.2) is 0 Å². The van der Waals surface area contributed by atoms with E-state index in [1.165, 1.54) is 57.0 Å². The minimum Gasteiger partial charge on any atom is -0.234 e. The lowest BCUT2D eigenvalue weighted by molar-refractivity contribution is 0.842. The third kappa shape index (κ3) is 6.99. The lowest BCUT2D eigenvalue weighted by Gasteiger charge is -2.23. The maximum Gasteiger partial charge on any atom is 0.0813 e. The van der Waals surface area contributed by atoms with Crippen molar-refractivity contribution in [2.24, 2.45) is 2.96 Å². The molecule has 0 aromatic heterocycles. The molecule has 0 saturated carbocycles. The van der Waals surface area contributed by atoms with Crippen LogP contribution in [0.5, 0.6) is 0 Å². The fraction of sp³-hybridized carbons (Fsp3) is 1.00. The highest BCUT2D eigenvalue weighted by Gasteiger charge is 2.17. The van der Waals surface area contributed by atoms with E-state index in [-0.39, 0.29) is 0 Å². The molecule has 0 aliphatic carbocycles. The number of halogens is 1. The van der Waals surface area contributed by atoms with Gasteiger partial charge in [-0.25, -0.2) is 2.96 Å². The van der Waals surface area contributed by atoms with Gasteiger partial charge in [-0.15, -0.1) is 0 Å². The Balaban J connectivity index is 4.32. The molecule has 1 nitrogen and oxygen atoms in total. The summed E-state index contributed by atoms with van der Waals surface area (Å²) in [5.41, 5.74) is 0. The number of hydrogen-bond donors (Lipinski definition) is 0. The van der Waals surface area contributed by atoms with Crippen molar-refractivity contribution >= 4 is 29.9 Å². The minimum atomic E-state index is -0.915. The highest BCUT2D eigenvalue weighted by atomic mass is 127.